The summed E-state index contributed by atoms with van der Waals surface area (Å²) in [7, 11) is 0. The molecule has 0 unspecified atom stereocenters. The van der Waals surface area contributed by atoms with Crippen molar-refractivity contribution in [3.05, 3.63) is 0 Å². The van der Waals surface area contributed by atoms with Crippen molar-refractivity contribution in [1.29, 1.82) is 0 Å². The molecule has 1 aliphatic heterocycles. The average Bonchev–Trinajstić information content (AvgIpc) is 2.05. The minimum atomic E-state index is -1.51. The standard InChI is InChI=1S/C7H10O4S/c8-5(9)7(6(10)11)1-3-12-4-2-7/h1-4H2,(H,8,9)(H,10,11). The Balaban J connectivity index is 2.84. The lowest BCUT2D eigenvalue weighted by Gasteiger charge is -2.28. The van der Waals surface area contributed by atoms with Crippen LogP contribution in [0.15, 0.2) is 0 Å². The molecule has 0 aromatic heterocycles. The highest BCUT2D eigenvalue weighted by Gasteiger charge is 2.47. The molecule has 1 saturated heterocycles. The largest absolute Gasteiger partial charge is 0.480 e. The van der Waals surface area contributed by atoms with E-state index >= 15 is 0 Å². The van der Waals surface area contributed by atoms with E-state index < -0.39 is 17.4 Å². The lowest BCUT2D eigenvalue weighted by atomic mass is 9.82. The molecule has 68 valence electrons. The molecule has 0 atom stereocenters. The molecule has 0 bridgehead atoms. The van der Waals surface area contributed by atoms with E-state index in [1.807, 2.05) is 0 Å². The molecule has 0 aromatic rings. The lowest BCUT2D eigenvalue weighted by Crippen LogP contribution is -2.42. The Hall–Kier alpha value is -0.710. The van der Waals surface area contributed by atoms with Crippen molar-refractivity contribution in [3.8, 4) is 0 Å². The minimum absolute atomic E-state index is 0.238. The highest BCUT2D eigenvalue weighted by Crippen LogP contribution is 2.35. The van der Waals surface area contributed by atoms with Crippen molar-refractivity contribution in [3.63, 3.8) is 0 Å². The van der Waals surface area contributed by atoms with Gasteiger partial charge in [0, 0.05) is 0 Å². The maximum Gasteiger partial charge on any atom is 0.321 e. The SMILES string of the molecule is O=C(O)C1(C(=O)O)CCSCC1. The zero-order valence-corrected chi connectivity index (χ0v) is 7.26. The van der Waals surface area contributed by atoms with Crippen LogP contribution in [0.4, 0.5) is 0 Å². The molecule has 5 heteroatoms. The van der Waals surface area contributed by atoms with Gasteiger partial charge in [-0.3, -0.25) is 9.59 Å². The molecule has 0 radical (unpaired) electrons. The van der Waals surface area contributed by atoms with Gasteiger partial charge in [0.1, 0.15) is 0 Å². The number of carbonyl (C=O) groups is 2. The van der Waals surface area contributed by atoms with Crippen LogP contribution in [-0.2, 0) is 9.59 Å². The number of hydrogen-bond donors (Lipinski definition) is 2. The van der Waals surface area contributed by atoms with Crippen molar-refractivity contribution >= 4 is 23.7 Å². The summed E-state index contributed by atoms with van der Waals surface area (Å²) < 4.78 is 0. The number of aliphatic carboxylic acids is 2. The fraction of sp³-hybridized carbons (Fsp3) is 0.714. The molecule has 1 fully saturated rings. The van der Waals surface area contributed by atoms with Crippen LogP contribution in [0.2, 0.25) is 0 Å². The fourth-order valence-corrected chi connectivity index (χ4v) is 2.43. The van der Waals surface area contributed by atoms with Gasteiger partial charge in [0.15, 0.2) is 5.41 Å². The van der Waals surface area contributed by atoms with E-state index in [0.29, 0.717) is 11.5 Å². The maximum absolute atomic E-state index is 10.7. The van der Waals surface area contributed by atoms with Crippen LogP contribution in [0, 0.1) is 5.41 Å². The quantitative estimate of drug-likeness (QED) is 0.626. The van der Waals surface area contributed by atoms with Crippen LogP contribution in [0.25, 0.3) is 0 Å². The highest BCUT2D eigenvalue weighted by molar-refractivity contribution is 7.99. The molecular formula is C7H10O4S. The summed E-state index contributed by atoms with van der Waals surface area (Å²) in [5.74, 6) is -1.15. The first-order valence-electron chi connectivity index (χ1n) is 3.64. The van der Waals surface area contributed by atoms with Gasteiger partial charge >= 0.3 is 11.9 Å². The molecule has 0 aliphatic carbocycles. The Morgan fingerprint density at radius 2 is 1.50 bits per heavy atom. The van der Waals surface area contributed by atoms with Gasteiger partial charge < -0.3 is 10.2 Å². The molecule has 1 aliphatic rings. The summed E-state index contributed by atoms with van der Waals surface area (Å²) in [5.41, 5.74) is -1.51. The van der Waals surface area contributed by atoms with Crippen molar-refractivity contribution in [1.82, 2.24) is 0 Å². The van der Waals surface area contributed by atoms with E-state index in [1.165, 1.54) is 0 Å². The first-order valence-corrected chi connectivity index (χ1v) is 4.79. The van der Waals surface area contributed by atoms with Crippen molar-refractivity contribution < 1.29 is 19.8 Å². The molecule has 2 N–H and O–H groups in total. The molecular weight excluding hydrogens is 180 g/mol. The van der Waals surface area contributed by atoms with Crippen molar-refractivity contribution in [2.75, 3.05) is 11.5 Å². The lowest BCUT2D eigenvalue weighted by molar-refractivity contribution is -0.165. The van der Waals surface area contributed by atoms with Gasteiger partial charge in [0.2, 0.25) is 0 Å². The summed E-state index contributed by atoms with van der Waals surface area (Å²) >= 11 is 1.61. The highest BCUT2D eigenvalue weighted by atomic mass is 32.2. The summed E-state index contributed by atoms with van der Waals surface area (Å²) in [6, 6.07) is 0. The molecule has 1 heterocycles. The van der Waals surface area contributed by atoms with Crippen LogP contribution < -0.4 is 0 Å². The first kappa shape index (κ1) is 9.38. The summed E-state index contributed by atoms with van der Waals surface area (Å²) in [5, 5.41) is 17.5. The van der Waals surface area contributed by atoms with E-state index in [4.69, 9.17) is 10.2 Å². The molecule has 1 rings (SSSR count). The number of carboxylic acid groups (broad SMARTS) is 2. The Bertz CT molecular complexity index is 191. The third-order valence-electron chi connectivity index (χ3n) is 2.17. The van der Waals surface area contributed by atoms with Crippen LogP contribution in [0.1, 0.15) is 12.8 Å². The van der Waals surface area contributed by atoms with Gasteiger partial charge in [-0.15, -0.1) is 0 Å². The topological polar surface area (TPSA) is 74.6 Å². The monoisotopic (exact) mass is 190 g/mol. The summed E-state index contributed by atoms with van der Waals surface area (Å²) in [6.45, 7) is 0. The van der Waals surface area contributed by atoms with Gasteiger partial charge in [0.05, 0.1) is 0 Å². The summed E-state index contributed by atoms with van der Waals surface area (Å²) in [4.78, 5) is 21.5. The molecule has 0 aromatic carbocycles. The third kappa shape index (κ3) is 1.41. The molecule has 12 heavy (non-hydrogen) atoms. The zero-order valence-electron chi connectivity index (χ0n) is 6.45. The maximum atomic E-state index is 10.7. The minimum Gasteiger partial charge on any atom is -0.480 e. The average molecular weight is 190 g/mol. The fourth-order valence-electron chi connectivity index (χ4n) is 1.24. The molecule has 0 amide bonds. The Kier molecular flexibility index (Phi) is 2.62. The van der Waals surface area contributed by atoms with E-state index in [-0.39, 0.29) is 12.8 Å². The summed E-state index contributed by atoms with van der Waals surface area (Å²) in [6.07, 6.45) is 0.477. The van der Waals surface area contributed by atoms with Crippen molar-refractivity contribution in [2.45, 2.75) is 12.8 Å². The molecule has 0 saturated carbocycles. The van der Waals surface area contributed by atoms with E-state index in [2.05, 4.69) is 0 Å². The molecule has 4 nitrogen and oxygen atoms in total. The Labute approximate surface area is 74.0 Å². The van der Waals surface area contributed by atoms with E-state index in [1.54, 1.807) is 11.8 Å². The zero-order chi connectivity index (χ0) is 9.19. The number of rotatable bonds is 2. The number of hydrogen-bond acceptors (Lipinski definition) is 3. The van der Waals surface area contributed by atoms with Crippen LogP contribution >= 0.6 is 11.8 Å². The van der Waals surface area contributed by atoms with Gasteiger partial charge in [-0.05, 0) is 24.3 Å². The van der Waals surface area contributed by atoms with E-state index in [9.17, 15) is 9.59 Å². The third-order valence-corrected chi connectivity index (χ3v) is 3.15. The first-order chi connectivity index (χ1) is 5.59. The second-order valence-corrected chi connectivity index (χ2v) is 4.03. The molecule has 0 spiro atoms. The normalized spacial score (nSPS) is 21.7. The van der Waals surface area contributed by atoms with Crippen molar-refractivity contribution in [2.24, 2.45) is 5.41 Å². The predicted molar refractivity (Wildman–Crippen MR) is 44.3 cm³/mol. The predicted octanol–water partition coefficient (Wildman–Crippen LogP) is 0.669. The smallest absolute Gasteiger partial charge is 0.321 e. The Morgan fingerprint density at radius 1 is 1.08 bits per heavy atom. The van der Waals surface area contributed by atoms with Crippen LogP contribution in [0.3, 0.4) is 0 Å². The van der Waals surface area contributed by atoms with Crippen LogP contribution in [0.5, 0.6) is 0 Å². The second-order valence-electron chi connectivity index (χ2n) is 2.80. The van der Waals surface area contributed by atoms with Gasteiger partial charge in [-0.1, -0.05) is 0 Å². The van der Waals surface area contributed by atoms with Gasteiger partial charge in [0.25, 0.3) is 0 Å². The van der Waals surface area contributed by atoms with Gasteiger partial charge in [-0.25, -0.2) is 0 Å². The Morgan fingerprint density at radius 3 is 1.75 bits per heavy atom. The number of carboxylic acids is 2. The number of thioether (sulfide) groups is 1. The second kappa shape index (κ2) is 3.35. The van der Waals surface area contributed by atoms with Crippen LogP contribution in [-0.4, -0.2) is 33.7 Å². The van der Waals surface area contributed by atoms with Gasteiger partial charge in [-0.2, -0.15) is 11.8 Å². The van der Waals surface area contributed by atoms with E-state index in [0.717, 1.165) is 0 Å².